The zero-order valence-electron chi connectivity index (χ0n) is 18.8. The van der Waals surface area contributed by atoms with Gasteiger partial charge in [0.2, 0.25) is 10.0 Å². The fourth-order valence-corrected chi connectivity index (χ4v) is 4.43. The van der Waals surface area contributed by atoms with Gasteiger partial charge in [-0.1, -0.05) is 18.2 Å². The van der Waals surface area contributed by atoms with Gasteiger partial charge in [-0.3, -0.25) is 18.8 Å². The number of sulfonamides is 1. The summed E-state index contributed by atoms with van der Waals surface area (Å²) in [6, 6.07) is 11.5. The van der Waals surface area contributed by atoms with Crippen molar-refractivity contribution >= 4 is 27.4 Å². The smallest absolute Gasteiger partial charge is 0.323 e. The second-order valence-electron chi connectivity index (χ2n) is 7.69. The average Bonchev–Trinajstić information content (AvgIpc) is 2.84. The van der Waals surface area contributed by atoms with Crippen LogP contribution in [0.25, 0.3) is 5.52 Å². The van der Waals surface area contributed by atoms with E-state index in [1.165, 1.54) is 40.9 Å². The maximum absolute atomic E-state index is 12.6. The highest BCUT2D eigenvalue weighted by atomic mass is 32.2. The minimum Gasteiger partial charge on any atom is -0.492 e. The Kier molecular flexibility index (Phi) is 8.58. The van der Waals surface area contributed by atoms with E-state index < -0.39 is 40.0 Å². The molecule has 0 saturated carbocycles. The zero-order valence-corrected chi connectivity index (χ0v) is 19.7. The quantitative estimate of drug-likeness (QED) is 0.249. The van der Waals surface area contributed by atoms with E-state index in [9.17, 15) is 27.9 Å². The van der Waals surface area contributed by atoms with Gasteiger partial charge < -0.3 is 20.9 Å². The van der Waals surface area contributed by atoms with E-state index in [2.05, 4.69) is 15.8 Å². The van der Waals surface area contributed by atoms with Crippen LogP contribution in [0, 0.1) is 0 Å². The largest absolute Gasteiger partial charge is 0.492 e. The third kappa shape index (κ3) is 6.88. The van der Waals surface area contributed by atoms with Gasteiger partial charge in [0.1, 0.15) is 11.8 Å². The fourth-order valence-electron chi connectivity index (χ4n) is 3.22. The number of pyridine rings is 2. The van der Waals surface area contributed by atoms with Crippen molar-refractivity contribution in [2.45, 2.75) is 23.8 Å². The second kappa shape index (κ2) is 11.6. The first-order chi connectivity index (χ1) is 16.7. The highest BCUT2D eigenvalue weighted by Gasteiger charge is 2.26. The number of carbonyl (C=O) groups excluding carboxylic acids is 1. The van der Waals surface area contributed by atoms with Crippen LogP contribution in [0.5, 0.6) is 5.75 Å². The highest BCUT2D eigenvalue weighted by molar-refractivity contribution is 7.89. The molecule has 0 aliphatic carbocycles. The molecule has 1 amide bonds. The van der Waals surface area contributed by atoms with Crippen LogP contribution in [0.15, 0.2) is 70.5 Å². The lowest BCUT2D eigenvalue weighted by atomic mass is 10.2. The lowest BCUT2D eigenvalue weighted by molar-refractivity contribution is -0.368. The molecule has 0 aliphatic rings. The van der Waals surface area contributed by atoms with Gasteiger partial charge in [0, 0.05) is 23.7 Å². The molecule has 3 aromatic rings. The van der Waals surface area contributed by atoms with Gasteiger partial charge in [0.25, 0.3) is 11.5 Å². The molecule has 11 nitrogen and oxygen atoms in total. The molecule has 0 fully saturated rings. The molecule has 35 heavy (non-hydrogen) atoms. The van der Waals surface area contributed by atoms with Crippen molar-refractivity contribution < 1.29 is 33.6 Å². The monoisotopic (exact) mass is 503 g/mol. The maximum atomic E-state index is 12.6. The number of carboxylic acid groups (broad SMARTS) is 1. The van der Waals surface area contributed by atoms with Crippen molar-refractivity contribution in [3.05, 3.63) is 76.7 Å². The van der Waals surface area contributed by atoms with Crippen LogP contribution in [0.4, 0.5) is 0 Å². The van der Waals surface area contributed by atoms with Crippen LogP contribution in [-0.4, -0.2) is 55.5 Å². The van der Waals surface area contributed by atoms with E-state index in [-0.39, 0.29) is 10.5 Å². The highest BCUT2D eigenvalue weighted by Crippen LogP contribution is 2.14. The topological polar surface area (TPSA) is 171 Å². The Balaban J connectivity index is 1.70. The number of aliphatic carboxylic acids is 1. The Morgan fingerprint density at radius 3 is 2.51 bits per heavy atom. The first-order valence-corrected chi connectivity index (χ1v) is 12.4. The van der Waals surface area contributed by atoms with Crippen molar-refractivity contribution in [1.29, 1.82) is 0 Å². The number of unbranched alkanes of at least 4 members (excludes halogenated alkanes) is 1. The van der Waals surface area contributed by atoms with Crippen LogP contribution in [0.2, 0.25) is 0 Å². The average molecular weight is 504 g/mol. The van der Waals surface area contributed by atoms with E-state index in [1.807, 2.05) is 0 Å². The summed E-state index contributed by atoms with van der Waals surface area (Å²) in [4.78, 5) is 36.6. The molecule has 2 heterocycles. The van der Waals surface area contributed by atoms with Gasteiger partial charge in [0.15, 0.2) is 0 Å². The Hall–Kier alpha value is -3.74. The molecule has 0 unspecified atom stereocenters. The molecule has 186 valence electrons. The minimum absolute atomic E-state index is 0.00849. The number of carboxylic acids is 1. The van der Waals surface area contributed by atoms with Crippen molar-refractivity contribution in [1.82, 2.24) is 14.4 Å². The van der Waals surface area contributed by atoms with Crippen molar-refractivity contribution in [2.24, 2.45) is 0 Å². The van der Waals surface area contributed by atoms with E-state index >= 15 is 0 Å². The van der Waals surface area contributed by atoms with Gasteiger partial charge in [-0.25, -0.2) is 8.42 Å². The number of hydrogen-bond acceptors (Lipinski definition) is 6. The number of aromatic nitrogens is 1. The van der Waals surface area contributed by atoms with Crippen LogP contribution in [-0.2, 0) is 14.8 Å². The predicted octanol–water partition coefficient (Wildman–Crippen LogP) is -0.138. The molecule has 0 bridgehead atoms. The number of benzene rings is 1. The molecule has 6 N–H and O–H groups in total. The summed E-state index contributed by atoms with van der Waals surface area (Å²) < 4.78 is 33.9. The molecule has 0 aliphatic heterocycles. The first-order valence-electron chi connectivity index (χ1n) is 10.9. The molecule has 0 saturated heterocycles. The summed E-state index contributed by atoms with van der Waals surface area (Å²) in [6.45, 7) is 0.784. The van der Waals surface area contributed by atoms with Gasteiger partial charge in [-0.2, -0.15) is 4.72 Å². The van der Waals surface area contributed by atoms with Crippen molar-refractivity contribution in [3.63, 3.8) is 0 Å². The SMILES string of the molecule is [NH3+]CCCCOc1ccc2cc(C(=O)NC[C@H](NS(=O)(=O)c3ccccc3)C(=O)O)cc(=O)n2c1. The number of quaternary nitrogens is 1. The number of carbonyl (C=O) groups is 2. The normalized spacial score (nSPS) is 12.3. The number of nitrogens with zero attached hydrogens (tertiary/aromatic N) is 1. The number of fused-ring (bicyclic) bond motifs is 1. The van der Waals surface area contributed by atoms with E-state index in [0.717, 1.165) is 25.5 Å². The summed E-state index contributed by atoms with van der Waals surface area (Å²) >= 11 is 0. The maximum Gasteiger partial charge on any atom is 0.323 e. The molecule has 2 aromatic heterocycles. The molecular weight excluding hydrogens is 476 g/mol. The third-order valence-corrected chi connectivity index (χ3v) is 6.55. The Morgan fingerprint density at radius 1 is 1.09 bits per heavy atom. The predicted molar refractivity (Wildman–Crippen MR) is 127 cm³/mol. The van der Waals surface area contributed by atoms with Crippen molar-refractivity contribution in [2.75, 3.05) is 19.7 Å². The third-order valence-electron chi connectivity index (χ3n) is 5.06. The van der Waals surface area contributed by atoms with Crippen LogP contribution in [0.3, 0.4) is 0 Å². The van der Waals surface area contributed by atoms with Crippen molar-refractivity contribution in [3.8, 4) is 5.75 Å². The molecule has 1 aromatic carbocycles. The van der Waals surface area contributed by atoms with Gasteiger partial charge in [-0.05, 0) is 43.2 Å². The molecular formula is C23H27N4O7S+. The number of hydrogen-bond donors (Lipinski definition) is 4. The van der Waals surface area contributed by atoms with Gasteiger partial charge in [-0.15, -0.1) is 0 Å². The molecule has 1 atom stereocenters. The standard InChI is InChI=1S/C23H26N4O7S/c24-10-4-5-11-34-18-9-8-17-12-16(13-21(28)27(17)15-18)22(29)25-14-20(23(30)31)26-35(32,33)19-6-2-1-3-7-19/h1-3,6-9,12-13,15,20,26H,4-5,10-11,14,24H2,(H,25,29)(H,30,31)/p+1/t20-/m0/s1. The second-order valence-corrected chi connectivity index (χ2v) is 9.40. The molecule has 0 radical (unpaired) electrons. The van der Waals surface area contributed by atoms with Gasteiger partial charge >= 0.3 is 5.97 Å². The number of nitrogens with one attached hydrogen (secondary N) is 2. The Bertz CT molecular complexity index is 1360. The summed E-state index contributed by atoms with van der Waals surface area (Å²) in [5.74, 6) is -1.68. The van der Waals surface area contributed by atoms with E-state index in [1.54, 1.807) is 18.2 Å². The van der Waals surface area contributed by atoms with Crippen LogP contribution >= 0.6 is 0 Å². The fraction of sp³-hybridized carbons (Fsp3) is 0.261. The Labute approximate surface area is 201 Å². The summed E-state index contributed by atoms with van der Waals surface area (Å²) in [5.41, 5.74) is 3.74. The number of rotatable bonds is 12. The summed E-state index contributed by atoms with van der Waals surface area (Å²) in [7, 11) is -4.12. The Morgan fingerprint density at radius 2 is 1.83 bits per heavy atom. The number of amides is 1. The lowest BCUT2D eigenvalue weighted by Crippen LogP contribution is -2.50. The minimum atomic E-state index is -4.12. The summed E-state index contributed by atoms with van der Waals surface area (Å²) in [6.07, 6.45) is 3.30. The summed E-state index contributed by atoms with van der Waals surface area (Å²) in [5, 5.41) is 11.8. The first kappa shape index (κ1) is 25.9. The number of ether oxygens (including phenoxy) is 1. The van der Waals surface area contributed by atoms with E-state index in [0.29, 0.717) is 17.9 Å². The van der Waals surface area contributed by atoms with Gasteiger partial charge in [0.05, 0.1) is 24.2 Å². The molecule has 12 heteroatoms. The van der Waals surface area contributed by atoms with E-state index in [4.69, 9.17) is 4.74 Å². The zero-order chi connectivity index (χ0) is 25.4. The van der Waals surface area contributed by atoms with Crippen LogP contribution in [0.1, 0.15) is 23.2 Å². The molecule has 0 spiro atoms. The van der Waals surface area contributed by atoms with Crippen LogP contribution < -0.4 is 26.1 Å². The lowest BCUT2D eigenvalue weighted by Gasteiger charge is -2.16. The molecule has 3 rings (SSSR count).